The minimum atomic E-state index is -0.394. The molecule has 1 aromatic carbocycles. The lowest BCUT2D eigenvalue weighted by atomic mass is 9.93. The average molecular weight is 481 g/mol. The van der Waals surface area contributed by atoms with E-state index in [1.165, 1.54) is 6.07 Å². The van der Waals surface area contributed by atoms with Crippen molar-refractivity contribution in [3.8, 4) is 6.07 Å². The van der Waals surface area contributed by atoms with Crippen LogP contribution in [0.3, 0.4) is 0 Å². The molecule has 0 radical (unpaired) electrons. The van der Waals surface area contributed by atoms with Crippen LogP contribution in [0.1, 0.15) is 37.7 Å². The Morgan fingerprint density at radius 3 is 2.73 bits per heavy atom. The number of nitrogens with zero attached hydrogens (tertiary/aromatic N) is 3. The molecule has 0 unspecified atom stereocenters. The monoisotopic (exact) mass is 480 g/mol. The van der Waals surface area contributed by atoms with E-state index in [-0.39, 0.29) is 55.9 Å². The van der Waals surface area contributed by atoms with E-state index in [9.17, 15) is 19.1 Å². The molecule has 162 valence electrons. The molecule has 3 amide bonds. The minimum Gasteiger partial charge on any atom is -0.396 e. The highest BCUT2D eigenvalue weighted by atomic mass is 79.9. The lowest BCUT2D eigenvalue weighted by Crippen LogP contribution is -2.57. The normalized spacial score (nSPS) is 21.1. The van der Waals surface area contributed by atoms with Gasteiger partial charge in [0.1, 0.15) is 5.82 Å². The molecule has 0 aromatic heterocycles. The Hall–Kier alpha value is -2.18. The quantitative estimate of drug-likeness (QED) is 0.626. The zero-order chi connectivity index (χ0) is 21.7. The number of hydrogen-bond acceptors (Lipinski definition) is 4. The first kappa shape index (κ1) is 22.5. The van der Waals surface area contributed by atoms with E-state index in [1.54, 1.807) is 21.9 Å². The number of hydrogen-bond donors (Lipinski definition) is 2. The number of benzene rings is 1. The van der Waals surface area contributed by atoms with Gasteiger partial charge in [-0.25, -0.2) is 9.18 Å². The molecule has 1 saturated heterocycles. The van der Waals surface area contributed by atoms with E-state index in [1.807, 2.05) is 6.07 Å². The van der Waals surface area contributed by atoms with Crippen molar-refractivity contribution in [2.45, 2.75) is 50.7 Å². The number of rotatable bonds is 7. The van der Waals surface area contributed by atoms with Crippen LogP contribution in [0.5, 0.6) is 0 Å². The molecule has 2 fully saturated rings. The first-order valence-corrected chi connectivity index (χ1v) is 11.0. The van der Waals surface area contributed by atoms with Gasteiger partial charge >= 0.3 is 6.03 Å². The zero-order valence-corrected chi connectivity index (χ0v) is 18.3. The van der Waals surface area contributed by atoms with Crippen LogP contribution < -0.4 is 5.32 Å². The Balaban J connectivity index is 1.68. The van der Waals surface area contributed by atoms with Crippen LogP contribution in [-0.4, -0.2) is 58.6 Å². The maximum Gasteiger partial charge on any atom is 0.318 e. The smallest absolute Gasteiger partial charge is 0.318 e. The van der Waals surface area contributed by atoms with Crippen molar-refractivity contribution in [3.05, 3.63) is 34.1 Å². The first-order valence-electron chi connectivity index (χ1n) is 10.2. The van der Waals surface area contributed by atoms with Crippen LogP contribution >= 0.6 is 15.9 Å². The molecule has 30 heavy (non-hydrogen) atoms. The number of aliphatic hydroxyl groups is 1. The van der Waals surface area contributed by atoms with Crippen molar-refractivity contribution in [2.24, 2.45) is 5.92 Å². The third-order valence-electron chi connectivity index (χ3n) is 5.59. The minimum absolute atomic E-state index is 0.0667. The summed E-state index contributed by atoms with van der Waals surface area (Å²) in [7, 11) is 0. The van der Waals surface area contributed by atoms with Crippen molar-refractivity contribution in [2.75, 3.05) is 19.7 Å². The van der Waals surface area contributed by atoms with Crippen LogP contribution in [0.15, 0.2) is 22.7 Å². The number of nitriles is 1. The standard InChI is InChI=1S/C21H26BrFN4O3/c22-16-4-3-15(19(23)9-16)10-25-21(30)27(17-5-6-17)18-8-14(13-28)11-26(12-18)20(29)2-1-7-24/h3-4,9,14,17-18,28H,1-2,5-6,8,10-13H2,(H,25,30)/t14-,18+/m0/s1. The number of nitrogens with one attached hydrogen (secondary N) is 1. The number of carbonyl (C=O) groups is 2. The van der Waals surface area contributed by atoms with E-state index in [0.717, 1.165) is 12.8 Å². The molecule has 1 heterocycles. The van der Waals surface area contributed by atoms with Gasteiger partial charge in [0, 0.05) is 61.1 Å². The second kappa shape index (κ2) is 10.2. The molecule has 0 bridgehead atoms. The van der Waals surface area contributed by atoms with Crippen LogP contribution in [-0.2, 0) is 11.3 Å². The van der Waals surface area contributed by atoms with Gasteiger partial charge < -0.3 is 20.2 Å². The number of urea groups is 1. The summed E-state index contributed by atoms with van der Waals surface area (Å²) < 4.78 is 14.7. The SMILES string of the molecule is N#CCCC(=O)N1C[C@@H](CO)C[C@@H](N(C(=O)NCc2ccc(Br)cc2F)C2CC2)C1. The average Bonchev–Trinajstić information content (AvgIpc) is 3.56. The number of amides is 3. The molecule has 7 nitrogen and oxygen atoms in total. The van der Waals surface area contributed by atoms with Gasteiger partial charge in [-0.2, -0.15) is 5.26 Å². The maximum atomic E-state index is 14.1. The molecule has 1 aliphatic carbocycles. The Morgan fingerprint density at radius 1 is 1.33 bits per heavy atom. The highest BCUT2D eigenvalue weighted by Crippen LogP contribution is 2.33. The summed E-state index contributed by atoms with van der Waals surface area (Å²) in [6.07, 6.45) is 2.68. The number of halogens is 2. The third kappa shape index (κ3) is 5.70. The predicted octanol–water partition coefficient (Wildman–Crippen LogP) is 2.78. The van der Waals surface area contributed by atoms with E-state index >= 15 is 0 Å². The van der Waals surface area contributed by atoms with Gasteiger partial charge in [0.05, 0.1) is 12.1 Å². The van der Waals surface area contributed by atoms with Gasteiger partial charge in [-0.05, 0) is 31.4 Å². The largest absolute Gasteiger partial charge is 0.396 e. The topological polar surface area (TPSA) is 96.7 Å². The fourth-order valence-electron chi connectivity index (χ4n) is 3.94. The van der Waals surface area contributed by atoms with Gasteiger partial charge in [-0.15, -0.1) is 0 Å². The Morgan fingerprint density at radius 2 is 2.10 bits per heavy atom. The number of aliphatic hydroxyl groups excluding tert-OH is 1. The van der Waals surface area contributed by atoms with Gasteiger partial charge in [0.15, 0.2) is 0 Å². The highest BCUT2D eigenvalue weighted by molar-refractivity contribution is 9.10. The predicted molar refractivity (Wildman–Crippen MR) is 112 cm³/mol. The fourth-order valence-corrected chi connectivity index (χ4v) is 4.28. The summed E-state index contributed by atoms with van der Waals surface area (Å²) >= 11 is 3.22. The molecule has 1 saturated carbocycles. The second-order valence-electron chi connectivity index (χ2n) is 7.93. The van der Waals surface area contributed by atoms with Gasteiger partial charge in [0.2, 0.25) is 5.91 Å². The van der Waals surface area contributed by atoms with Crippen LogP contribution in [0.4, 0.5) is 9.18 Å². The van der Waals surface area contributed by atoms with Gasteiger partial charge in [0.25, 0.3) is 0 Å². The summed E-state index contributed by atoms with van der Waals surface area (Å²) in [4.78, 5) is 28.9. The van der Waals surface area contributed by atoms with Crippen molar-refractivity contribution < 1.29 is 19.1 Å². The molecule has 1 aliphatic heterocycles. The number of carbonyl (C=O) groups excluding carboxylic acids is 2. The van der Waals surface area contributed by atoms with E-state index < -0.39 is 5.82 Å². The maximum absolute atomic E-state index is 14.1. The van der Waals surface area contributed by atoms with E-state index in [0.29, 0.717) is 29.5 Å². The van der Waals surface area contributed by atoms with E-state index in [2.05, 4.69) is 21.2 Å². The van der Waals surface area contributed by atoms with E-state index in [4.69, 9.17) is 5.26 Å². The van der Waals surface area contributed by atoms with Crippen molar-refractivity contribution in [1.29, 1.82) is 5.26 Å². The summed E-state index contributed by atoms with van der Waals surface area (Å²) in [5.74, 6) is -0.643. The molecular formula is C21H26BrFN4O3. The second-order valence-corrected chi connectivity index (χ2v) is 8.84. The Bertz CT molecular complexity index is 827. The molecule has 9 heteroatoms. The Labute approximate surface area is 184 Å². The summed E-state index contributed by atoms with van der Waals surface area (Å²) in [6, 6.07) is 6.28. The van der Waals surface area contributed by atoms with Gasteiger partial charge in [-0.3, -0.25) is 4.79 Å². The van der Waals surface area contributed by atoms with Crippen LogP contribution in [0.2, 0.25) is 0 Å². The molecule has 2 atom stereocenters. The first-order chi connectivity index (χ1) is 14.4. The summed E-state index contributed by atoms with van der Waals surface area (Å²) in [5, 5.41) is 21.3. The number of likely N-dealkylation sites (tertiary alicyclic amines) is 1. The van der Waals surface area contributed by atoms with Crippen molar-refractivity contribution in [1.82, 2.24) is 15.1 Å². The van der Waals surface area contributed by atoms with Gasteiger partial charge in [-0.1, -0.05) is 22.0 Å². The zero-order valence-electron chi connectivity index (χ0n) is 16.7. The fraction of sp³-hybridized carbons (Fsp3) is 0.571. The van der Waals surface area contributed by atoms with Crippen molar-refractivity contribution >= 4 is 27.9 Å². The molecule has 0 spiro atoms. The Kier molecular flexibility index (Phi) is 7.67. The highest BCUT2D eigenvalue weighted by Gasteiger charge is 2.41. The van der Waals surface area contributed by atoms with Crippen LogP contribution in [0.25, 0.3) is 0 Å². The lowest BCUT2D eigenvalue weighted by molar-refractivity contribution is -0.134. The van der Waals surface area contributed by atoms with Crippen LogP contribution in [0, 0.1) is 23.1 Å². The number of piperidine rings is 1. The molecule has 2 N–H and O–H groups in total. The summed E-state index contributed by atoms with van der Waals surface area (Å²) in [5.41, 5.74) is 0.396. The molecule has 3 rings (SSSR count). The molecule has 1 aromatic rings. The van der Waals surface area contributed by atoms with Crippen molar-refractivity contribution in [3.63, 3.8) is 0 Å². The lowest BCUT2D eigenvalue weighted by Gasteiger charge is -2.42. The molecule has 2 aliphatic rings. The summed E-state index contributed by atoms with van der Waals surface area (Å²) in [6.45, 7) is 0.823. The molecular weight excluding hydrogens is 455 g/mol. The third-order valence-corrected chi connectivity index (χ3v) is 6.08.